The lowest BCUT2D eigenvalue weighted by Gasteiger charge is -2.17. The van der Waals surface area contributed by atoms with E-state index in [1.54, 1.807) is 7.11 Å². The number of methoxy groups -OCH3 is 1. The largest absolute Gasteiger partial charge is 0.496 e. The number of aryl methyl sites for hydroxylation is 2. The molecule has 0 radical (unpaired) electrons. The van der Waals surface area contributed by atoms with Crippen LogP contribution in [0.5, 0.6) is 5.75 Å². The smallest absolute Gasteiger partial charge is 0.122 e. The maximum Gasteiger partial charge on any atom is 0.122 e. The number of ether oxygens (including phenoxy) is 1. The van der Waals surface area contributed by atoms with Gasteiger partial charge in [0.2, 0.25) is 0 Å². The lowest BCUT2D eigenvalue weighted by atomic mass is 9.94. The van der Waals surface area contributed by atoms with E-state index in [-0.39, 0.29) is 6.04 Å². The molecule has 2 N–H and O–H groups in total. The van der Waals surface area contributed by atoms with Crippen LogP contribution in [0.3, 0.4) is 0 Å². The number of rotatable bonds is 4. The zero-order valence-electron chi connectivity index (χ0n) is 12.1. The van der Waals surface area contributed by atoms with Crippen LogP contribution in [0.25, 0.3) is 0 Å². The van der Waals surface area contributed by atoms with Crippen LogP contribution >= 0.6 is 11.6 Å². The summed E-state index contributed by atoms with van der Waals surface area (Å²) in [6.07, 6.45) is 0.702. The molecular weight excluding hydrogens is 270 g/mol. The standard InChI is InChI=1S/C17H20ClNO/c1-11-4-6-15(12(2)8-11)16(19)10-13-9-14(18)5-7-17(13)20-3/h4-9,16H,10,19H2,1-3H3. The van der Waals surface area contributed by atoms with Crippen molar-refractivity contribution in [1.29, 1.82) is 0 Å². The molecule has 0 amide bonds. The van der Waals surface area contributed by atoms with Crippen LogP contribution < -0.4 is 10.5 Å². The SMILES string of the molecule is COc1ccc(Cl)cc1CC(N)c1ccc(C)cc1C. The highest BCUT2D eigenvalue weighted by molar-refractivity contribution is 6.30. The first-order valence-corrected chi connectivity index (χ1v) is 7.04. The summed E-state index contributed by atoms with van der Waals surface area (Å²) in [5.74, 6) is 0.828. The van der Waals surface area contributed by atoms with Gasteiger partial charge in [-0.1, -0.05) is 35.4 Å². The maximum atomic E-state index is 6.35. The Hall–Kier alpha value is -1.51. The highest BCUT2D eigenvalue weighted by atomic mass is 35.5. The molecule has 0 aromatic heterocycles. The van der Waals surface area contributed by atoms with Gasteiger partial charge in [-0.3, -0.25) is 0 Å². The van der Waals surface area contributed by atoms with Gasteiger partial charge in [0.25, 0.3) is 0 Å². The molecule has 0 saturated carbocycles. The van der Waals surface area contributed by atoms with Gasteiger partial charge in [0.05, 0.1) is 7.11 Å². The van der Waals surface area contributed by atoms with Crippen molar-refractivity contribution in [2.45, 2.75) is 26.3 Å². The van der Waals surface area contributed by atoms with Gasteiger partial charge in [0.1, 0.15) is 5.75 Å². The van der Waals surface area contributed by atoms with E-state index in [2.05, 4.69) is 32.0 Å². The van der Waals surface area contributed by atoms with Crippen LogP contribution in [0.2, 0.25) is 5.02 Å². The molecule has 1 unspecified atom stereocenters. The Labute approximate surface area is 125 Å². The van der Waals surface area contributed by atoms with Gasteiger partial charge in [-0.05, 0) is 55.2 Å². The predicted octanol–water partition coefficient (Wildman–Crippen LogP) is 4.21. The van der Waals surface area contributed by atoms with Crippen LogP contribution in [0.15, 0.2) is 36.4 Å². The van der Waals surface area contributed by atoms with E-state index in [0.29, 0.717) is 11.4 Å². The van der Waals surface area contributed by atoms with Crippen molar-refractivity contribution >= 4 is 11.6 Å². The van der Waals surface area contributed by atoms with Crippen molar-refractivity contribution in [1.82, 2.24) is 0 Å². The topological polar surface area (TPSA) is 35.2 Å². The molecule has 3 heteroatoms. The zero-order chi connectivity index (χ0) is 14.7. The summed E-state index contributed by atoms with van der Waals surface area (Å²) in [4.78, 5) is 0. The second kappa shape index (κ2) is 6.29. The Morgan fingerprint density at radius 2 is 1.90 bits per heavy atom. The fraction of sp³-hybridized carbons (Fsp3) is 0.294. The number of halogens is 1. The number of nitrogens with two attached hydrogens (primary N) is 1. The van der Waals surface area contributed by atoms with E-state index in [1.165, 1.54) is 11.1 Å². The fourth-order valence-electron chi connectivity index (χ4n) is 2.50. The third-order valence-electron chi connectivity index (χ3n) is 3.51. The molecule has 0 spiro atoms. The monoisotopic (exact) mass is 289 g/mol. The van der Waals surface area contributed by atoms with Crippen molar-refractivity contribution in [3.63, 3.8) is 0 Å². The highest BCUT2D eigenvalue weighted by Crippen LogP contribution is 2.28. The first-order valence-electron chi connectivity index (χ1n) is 6.66. The van der Waals surface area contributed by atoms with E-state index < -0.39 is 0 Å². The minimum Gasteiger partial charge on any atom is -0.496 e. The summed E-state index contributed by atoms with van der Waals surface area (Å²) < 4.78 is 5.37. The molecule has 0 bridgehead atoms. The average molecular weight is 290 g/mol. The van der Waals surface area contributed by atoms with Crippen molar-refractivity contribution in [2.75, 3.05) is 7.11 Å². The molecule has 1 atom stereocenters. The Morgan fingerprint density at radius 3 is 2.55 bits per heavy atom. The second-order valence-corrected chi connectivity index (χ2v) is 5.56. The van der Waals surface area contributed by atoms with Gasteiger partial charge in [-0.2, -0.15) is 0 Å². The molecule has 2 rings (SSSR count). The predicted molar refractivity (Wildman–Crippen MR) is 84.6 cm³/mol. The lowest BCUT2D eigenvalue weighted by molar-refractivity contribution is 0.408. The molecule has 20 heavy (non-hydrogen) atoms. The summed E-state index contributed by atoms with van der Waals surface area (Å²) >= 11 is 6.06. The molecule has 0 heterocycles. The van der Waals surface area contributed by atoms with Gasteiger partial charge in [0.15, 0.2) is 0 Å². The molecule has 2 aromatic rings. The molecule has 0 aliphatic carbocycles. The van der Waals surface area contributed by atoms with Crippen LogP contribution in [0, 0.1) is 13.8 Å². The molecule has 106 valence electrons. The first kappa shape index (κ1) is 14.9. The van der Waals surface area contributed by atoms with E-state index in [0.717, 1.165) is 16.9 Å². The fourth-order valence-corrected chi connectivity index (χ4v) is 2.69. The van der Waals surface area contributed by atoms with Crippen LogP contribution in [-0.4, -0.2) is 7.11 Å². The van der Waals surface area contributed by atoms with E-state index in [1.807, 2.05) is 18.2 Å². The van der Waals surface area contributed by atoms with Crippen molar-refractivity contribution in [2.24, 2.45) is 5.73 Å². The van der Waals surface area contributed by atoms with Gasteiger partial charge >= 0.3 is 0 Å². The highest BCUT2D eigenvalue weighted by Gasteiger charge is 2.13. The lowest BCUT2D eigenvalue weighted by Crippen LogP contribution is -2.15. The van der Waals surface area contributed by atoms with Gasteiger partial charge in [0, 0.05) is 11.1 Å². The molecule has 2 aromatic carbocycles. The van der Waals surface area contributed by atoms with Gasteiger partial charge in [-0.25, -0.2) is 0 Å². The Morgan fingerprint density at radius 1 is 1.15 bits per heavy atom. The van der Waals surface area contributed by atoms with Gasteiger partial charge < -0.3 is 10.5 Å². The normalized spacial score (nSPS) is 12.2. The number of hydrogen-bond acceptors (Lipinski definition) is 2. The third kappa shape index (κ3) is 3.33. The summed E-state index contributed by atoms with van der Waals surface area (Å²) in [6, 6.07) is 11.9. The summed E-state index contributed by atoms with van der Waals surface area (Å²) in [7, 11) is 1.66. The number of benzene rings is 2. The van der Waals surface area contributed by atoms with Crippen molar-refractivity contribution in [3.8, 4) is 5.75 Å². The van der Waals surface area contributed by atoms with Gasteiger partial charge in [-0.15, -0.1) is 0 Å². The maximum absolute atomic E-state index is 6.35. The Kier molecular flexibility index (Phi) is 4.69. The van der Waals surface area contributed by atoms with Crippen LogP contribution in [-0.2, 0) is 6.42 Å². The third-order valence-corrected chi connectivity index (χ3v) is 3.74. The number of hydrogen-bond donors (Lipinski definition) is 1. The summed E-state index contributed by atoms with van der Waals surface area (Å²) in [5.41, 5.74) is 11.0. The van der Waals surface area contributed by atoms with E-state index >= 15 is 0 Å². The molecule has 0 fully saturated rings. The average Bonchev–Trinajstić information content (AvgIpc) is 2.38. The van der Waals surface area contributed by atoms with Crippen LogP contribution in [0.4, 0.5) is 0 Å². The molecule has 0 aliphatic rings. The summed E-state index contributed by atoms with van der Waals surface area (Å²) in [6.45, 7) is 4.18. The Balaban J connectivity index is 2.27. The minimum absolute atomic E-state index is 0.0667. The first-order chi connectivity index (χ1) is 9.51. The quantitative estimate of drug-likeness (QED) is 0.915. The Bertz CT molecular complexity index is 610. The van der Waals surface area contributed by atoms with E-state index in [9.17, 15) is 0 Å². The summed E-state index contributed by atoms with van der Waals surface area (Å²) in [5, 5.41) is 0.702. The molecular formula is C17H20ClNO. The van der Waals surface area contributed by atoms with Crippen molar-refractivity contribution in [3.05, 3.63) is 63.7 Å². The zero-order valence-corrected chi connectivity index (χ0v) is 12.9. The second-order valence-electron chi connectivity index (χ2n) is 5.13. The molecule has 0 saturated heterocycles. The van der Waals surface area contributed by atoms with E-state index in [4.69, 9.17) is 22.1 Å². The van der Waals surface area contributed by atoms with Crippen LogP contribution in [0.1, 0.15) is 28.3 Å². The van der Waals surface area contributed by atoms with Crippen molar-refractivity contribution < 1.29 is 4.74 Å². The molecule has 0 aliphatic heterocycles. The molecule has 2 nitrogen and oxygen atoms in total. The minimum atomic E-state index is -0.0667.